The van der Waals surface area contributed by atoms with Crippen LogP contribution in [0.5, 0.6) is 5.75 Å². The van der Waals surface area contributed by atoms with Gasteiger partial charge in [-0.1, -0.05) is 35.3 Å². The van der Waals surface area contributed by atoms with Gasteiger partial charge in [0.2, 0.25) is 0 Å². The summed E-state index contributed by atoms with van der Waals surface area (Å²) >= 11 is 3.34. The molecule has 2 aromatic rings. The highest BCUT2D eigenvalue weighted by atomic mass is 79.9. The molecule has 25 heavy (non-hydrogen) atoms. The Morgan fingerprint density at radius 1 is 1.12 bits per heavy atom. The first-order valence-corrected chi connectivity index (χ1v) is 8.94. The summed E-state index contributed by atoms with van der Waals surface area (Å²) in [6, 6.07) is 14.1. The molecule has 0 aliphatic carbocycles. The second-order valence-electron chi connectivity index (χ2n) is 5.48. The molecule has 5 nitrogen and oxygen atoms in total. The molecule has 2 amide bonds. The smallest absolute Gasteiger partial charge is 0.262 e. The lowest BCUT2D eigenvalue weighted by Gasteiger charge is -2.09. The van der Waals surface area contributed by atoms with Crippen molar-refractivity contribution in [3.63, 3.8) is 0 Å². The van der Waals surface area contributed by atoms with E-state index in [1.54, 1.807) is 36.4 Å². The summed E-state index contributed by atoms with van der Waals surface area (Å²) in [5.74, 6) is 0.185. The second-order valence-corrected chi connectivity index (χ2v) is 6.40. The zero-order valence-corrected chi connectivity index (χ0v) is 15.6. The standard InChI is InChI=1S/C19H21BrN2O3/c1-2-3-11-21-19(24)14-5-4-6-16(12-14)22-18(23)13-25-17-9-7-15(20)8-10-17/h4-10,12H,2-3,11,13H2,1H3,(H,21,24)(H,22,23). The van der Waals surface area contributed by atoms with E-state index in [1.807, 2.05) is 12.1 Å². The molecule has 0 unspecified atom stereocenters. The Kier molecular flexibility index (Phi) is 7.47. The highest BCUT2D eigenvalue weighted by Crippen LogP contribution is 2.16. The summed E-state index contributed by atoms with van der Waals surface area (Å²) in [6.07, 6.45) is 1.96. The number of hydrogen-bond donors (Lipinski definition) is 2. The van der Waals surface area contributed by atoms with Gasteiger partial charge < -0.3 is 15.4 Å². The van der Waals surface area contributed by atoms with E-state index < -0.39 is 0 Å². The highest BCUT2D eigenvalue weighted by molar-refractivity contribution is 9.10. The largest absolute Gasteiger partial charge is 0.484 e. The van der Waals surface area contributed by atoms with Gasteiger partial charge in [-0.15, -0.1) is 0 Å². The molecule has 0 aliphatic rings. The van der Waals surface area contributed by atoms with Crippen LogP contribution in [0.3, 0.4) is 0 Å². The highest BCUT2D eigenvalue weighted by Gasteiger charge is 2.08. The Bertz CT molecular complexity index is 717. The van der Waals surface area contributed by atoms with Gasteiger partial charge in [0.1, 0.15) is 5.75 Å². The number of benzene rings is 2. The zero-order chi connectivity index (χ0) is 18.1. The van der Waals surface area contributed by atoms with Crippen LogP contribution in [-0.4, -0.2) is 25.0 Å². The van der Waals surface area contributed by atoms with Gasteiger partial charge in [-0.05, 0) is 48.9 Å². The van der Waals surface area contributed by atoms with Crippen molar-refractivity contribution in [3.8, 4) is 5.75 Å². The Morgan fingerprint density at radius 2 is 1.88 bits per heavy atom. The molecule has 0 saturated carbocycles. The van der Waals surface area contributed by atoms with Crippen molar-refractivity contribution in [3.05, 3.63) is 58.6 Å². The second kappa shape index (κ2) is 9.84. The molecule has 0 saturated heterocycles. The first-order chi connectivity index (χ1) is 12.1. The minimum atomic E-state index is -0.286. The van der Waals surface area contributed by atoms with Crippen LogP contribution in [0.1, 0.15) is 30.1 Å². The van der Waals surface area contributed by atoms with Crippen molar-refractivity contribution >= 4 is 33.4 Å². The topological polar surface area (TPSA) is 67.4 Å². The molecule has 0 fully saturated rings. The van der Waals surface area contributed by atoms with Crippen LogP contribution < -0.4 is 15.4 Å². The molecule has 0 radical (unpaired) electrons. The number of anilines is 1. The Morgan fingerprint density at radius 3 is 2.60 bits per heavy atom. The first kappa shape index (κ1) is 19.0. The van der Waals surface area contributed by atoms with Crippen LogP contribution in [0.2, 0.25) is 0 Å². The molecule has 0 bridgehead atoms. The fourth-order valence-corrected chi connectivity index (χ4v) is 2.36. The summed E-state index contributed by atoms with van der Waals surface area (Å²) in [5, 5.41) is 5.58. The number of carbonyl (C=O) groups excluding carboxylic acids is 2. The minimum absolute atomic E-state index is 0.103. The molecule has 2 aromatic carbocycles. The van der Waals surface area contributed by atoms with Crippen molar-refractivity contribution < 1.29 is 14.3 Å². The van der Waals surface area contributed by atoms with E-state index in [9.17, 15) is 9.59 Å². The van der Waals surface area contributed by atoms with Crippen LogP contribution in [0, 0.1) is 0 Å². The number of rotatable bonds is 8. The quantitative estimate of drug-likeness (QED) is 0.653. The number of nitrogens with one attached hydrogen (secondary N) is 2. The lowest BCUT2D eigenvalue weighted by molar-refractivity contribution is -0.118. The van der Waals surface area contributed by atoms with Crippen LogP contribution in [0.15, 0.2) is 53.0 Å². The van der Waals surface area contributed by atoms with E-state index in [0.29, 0.717) is 23.5 Å². The molecular formula is C19H21BrN2O3. The number of carbonyl (C=O) groups is 2. The third kappa shape index (κ3) is 6.58. The van der Waals surface area contributed by atoms with Gasteiger partial charge in [0.15, 0.2) is 6.61 Å². The predicted molar refractivity (Wildman–Crippen MR) is 102 cm³/mol. The van der Waals surface area contributed by atoms with Crippen LogP contribution in [0.4, 0.5) is 5.69 Å². The van der Waals surface area contributed by atoms with Gasteiger partial charge in [0.25, 0.3) is 11.8 Å². The lowest BCUT2D eigenvalue weighted by atomic mass is 10.2. The Hall–Kier alpha value is -2.34. The Balaban J connectivity index is 1.86. The molecule has 2 N–H and O–H groups in total. The third-order valence-corrected chi connectivity index (χ3v) is 3.94. The zero-order valence-electron chi connectivity index (χ0n) is 14.0. The van der Waals surface area contributed by atoms with Crippen LogP contribution in [0.25, 0.3) is 0 Å². The number of hydrogen-bond acceptors (Lipinski definition) is 3. The van der Waals surface area contributed by atoms with E-state index in [2.05, 4.69) is 33.5 Å². The molecular weight excluding hydrogens is 384 g/mol. The van der Waals surface area contributed by atoms with E-state index in [4.69, 9.17) is 4.74 Å². The summed E-state index contributed by atoms with van der Waals surface area (Å²) in [7, 11) is 0. The van der Waals surface area contributed by atoms with E-state index in [1.165, 1.54) is 0 Å². The summed E-state index contributed by atoms with van der Waals surface area (Å²) < 4.78 is 6.37. The third-order valence-electron chi connectivity index (χ3n) is 3.41. The molecule has 0 atom stereocenters. The molecule has 0 spiro atoms. The van der Waals surface area contributed by atoms with E-state index in [-0.39, 0.29) is 18.4 Å². The molecule has 0 aliphatic heterocycles. The number of amides is 2. The monoisotopic (exact) mass is 404 g/mol. The number of halogens is 1. The normalized spacial score (nSPS) is 10.2. The van der Waals surface area contributed by atoms with Crippen molar-refractivity contribution in [1.82, 2.24) is 5.32 Å². The van der Waals surface area contributed by atoms with Crippen molar-refractivity contribution in [2.24, 2.45) is 0 Å². The summed E-state index contributed by atoms with van der Waals surface area (Å²) in [4.78, 5) is 24.0. The number of unbranched alkanes of at least 4 members (excludes halogenated alkanes) is 1. The van der Waals surface area contributed by atoms with Crippen LogP contribution in [-0.2, 0) is 4.79 Å². The van der Waals surface area contributed by atoms with Gasteiger partial charge in [0.05, 0.1) is 0 Å². The van der Waals surface area contributed by atoms with Crippen molar-refractivity contribution in [1.29, 1.82) is 0 Å². The lowest BCUT2D eigenvalue weighted by Crippen LogP contribution is -2.25. The molecule has 6 heteroatoms. The van der Waals surface area contributed by atoms with Crippen molar-refractivity contribution in [2.45, 2.75) is 19.8 Å². The average molecular weight is 405 g/mol. The fraction of sp³-hybridized carbons (Fsp3) is 0.263. The van der Waals surface area contributed by atoms with Crippen LogP contribution >= 0.6 is 15.9 Å². The summed E-state index contributed by atoms with van der Waals surface area (Å²) in [6.45, 7) is 2.61. The fourth-order valence-electron chi connectivity index (χ4n) is 2.10. The predicted octanol–water partition coefficient (Wildman–Crippen LogP) is 4.00. The average Bonchev–Trinajstić information content (AvgIpc) is 2.61. The van der Waals surface area contributed by atoms with E-state index >= 15 is 0 Å². The minimum Gasteiger partial charge on any atom is -0.484 e. The van der Waals surface area contributed by atoms with Gasteiger partial charge in [-0.25, -0.2) is 0 Å². The van der Waals surface area contributed by atoms with Gasteiger partial charge in [0, 0.05) is 22.3 Å². The summed E-state index contributed by atoms with van der Waals surface area (Å²) in [5.41, 5.74) is 1.08. The number of ether oxygens (including phenoxy) is 1. The van der Waals surface area contributed by atoms with Gasteiger partial charge in [-0.2, -0.15) is 0 Å². The van der Waals surface area contributed by atoms with Gasteiger partial charge in [-0.3, -0.25) is 9.59 Å². The maximum atomic E-state index is 12.0. The van der Waals surface area contributed by atoms with E-state index in [0.717, 1.165) is 17.3 Å². The maximum Gasteiger partial charge on any atom is 0.262 e. The molecule has 0 aromatic heterocycles. The van der Waals surface area contributed by atoms with Gasteiger partial charge >= 0.3 is 0 Å². The first-order valence-electron chi connectivity index (χ1n) is 8.15. The molecule has 0 heterocycles. The molecule has 132 valence electrons. The maximum absolute atomic E-state index is 12.0. The Labute approximate surface area is 155 Å². The van der Waals surface area contributed by atoms with Crippen molar-refractivity contribution in [2.75, 3.05) is 18.5 Å². The SMILES string of the molecule is CCCCNC(=O)c1cccc(NC(=O)COc2ccc(Br)cc2)c1. The molecule has 2 rings (SSSR count).